The molecule has 6 rings (SSSR count). The maximum Gasteiger partial charge on any atom is 0.301 e. The number of amides is 1. The van der Waals surface area contributed by atoms with Gasteiger partial charge in [0, 0.05) is 16.9 Å². The minimum absolute atomic E-state index is 0.0314. The predicted octanol–water partition coefficient (Wildman–Crippen LogP) is 6.77. The summed E-state index contributed by atoms with van der Waals surface area (Å²) in [6, 6.07) is 23.3. The number of fused-ring (bicyclic) bond motifs is 1. The van der Waals surface area contributed by atoms with E-state index in [0.29, 0.717) is 21.6 Å². The van der Waals surface area contributed by atoms with Crippen LogP contribution < -0.4 is 14.4 Å². The van der Waals surface area contributed by atoms with E-state index < -0.39 is 29.3 Å². The van der Waals surface area contributed by atoms with E-state index in [-0.39, 0.29) is 21.8 Å². The fraction of sp³-hybridized carbons (Fsp3) is 0.125. The number of hydrogen-bond donors (Lipinski definition) is 1. The van der Waals surface area contributed by atoms with Gasteiger partial charge in [-0.25, -0.2) is 4.39 Å². The van der Waals surface area contributed by atoms with Crippen LogP contribution in [0.1, 0.15) is 22.7 Å². The number of aliphatic hydroxyl groups is 1. The largest absolute Gasteiger partial charge is 0.507 e. The molecule has 1 aromatic heterocycles. The third-order valence-electron chi connectivity index (χ3n) is 7.13. The second kappa shape index (κ2) is 11.9. The summed E-state index contributed by atoms with van der Waals surface area (Å²) in [7, 11) is 2.91. The van der Waals surface area contributed by atoms with Crippen molar-refractivity contribution in [1.29, 1.82) is 0 Å². The van der Waals surface area contributed by atoms with Crippen molar-refractivity contribution >= 4 is 56.5 Å². The van der Waals surface area contributed by atoms with Gasteiger partial charge in [0.2, 0.25) is 5.13 Å². The molecule has 0 bridgehead atoms. The van der Waals surface area contributed by atoms with Crippen LogP contribution in [0.25, 0.3) is 16.5 Å². The monoisotopic (exact) mass is 613 g/mol. The first-order valence-corrected chi connectivity index (χ1v) is 14.9. The van der Waals surface area contributed by atoms with E-state index in [1.165, 1.54) is 56.3 Å². The zero-order valence-electron chi connectivity index (χ0n) is 23.0. The van der Waals surface area contributed by atoms with Gasteiger partial charge >= 0.3 is 5.91 Å². The Labute approximate surface area is 254 Å². The molecule has 43 heavy (non-hydrogen) atoms. The second-order valence-electron chi connectivity index (χ2n) is 9.54. The summed E-state index contributed by atoms with van der Waals surface area (Å²) >= 11 is 2.56. The molecule has 216 valence electrons. The minimum atomic E-state index is -1.28. The maximum absolute atomic E-state index is 15.3. The molecule has 8 nitrogen and oxygen atoms in total. The van der Waals surface area contributed by atoms with E-state index in [9.17, 15) is 14.7 Å². The fourth-order valence-corrected chi connectivity index (χ4v) is 6.95. The van der Waals surface area contributed by atoms with Crippen molar-refractivity contribution < 1.29 is 28.6 Å². The lowest BCUT2D eigenvalue weighted by molar-refractivity contribution is -0.132. The van der Waals surface area contributed by atoms with Gasteiger partial charge in [-0.2, -0.15) is 0 Å². The number of rotatable bonds is 8. The number of carbonyl (C=O) groups is 2. The number of nitrogens with zero attached hydrogens (tertiary/aromatic N) is 3. The molecule has 0 spiro atoms. The van der Waals surface area contributed by atoms with Gasteiger partial charge in [0.1, 0.15) is 17.6 Å². The number of ketones is 1. The van der Waals surface area contributed by atoms with E-state index in [4.69, 9.17) is 9.47 Å². The second-order valence-corrected chi connectivity index (χ2v) is 11.7. The lowest BCUT2D eigenvalue weighted by atomic mass is 9.95. The standard InChI is InChI=1S/C32H24FN3O5S2/c1-40-24-15-14-19(16-25(24)41-2)28(37)26-27(22-12-5-6-13-23(22)33)36(30(39)29(26)38)31-34-35-32(43-31)42-17-20-10-7-9-18-8-3-4-11-21(18)20/h3-16,27,37H,17H2,1-2H3/b28-26+. The topological polar surface area (TPSA) is 102 Å². The molecule has 2 heterocycles. The molecular weight excluding hydrogens is 590 g/mol. The molecule has 4 aromatic carbocycles. The smallest absolute Gasteiger partial charge is 0.301 e. The van der Waals surface area contributed by atoms with Gasteiger partial charge in [0.05, 0.1) is 19.8 Å². The molecule has 1 aliphatic rings. The third-order valence-corrected chi connectivity index (χ3v) is 9.24. The maximum atomic E-state index is 15.3. The average Bonchev–Trinajstić information content (AvgIpc) is 3.61. The highest BCUT2D eigenvalue weighted by molar-refractivity contribution is 8.00. The molecule has 11 heteroatoms. The van der Waals surface area contributed by atoms with Crippen molar-refractivity contribution in [3.05, 3.63) is 113 Å². The number of aromatic nitrogens is 2. The van der Waals surface area contributed by atoms with Crippen LogP contribution in [0.2, 0.25) is 0 Å². The summed E-state index contributed by atoms with van der Waals surface area (Å²) in [5.74, 6) is -1.73. The van der Waals surface area contributed by atoms with Crippen molar-refractivity contribution in [1.82, 2.24) is 10.2 Å². The molecular formula is C32H24FN3O5S2. The highest BCUT2D eigenvalue weighted by Crippen LogP contribution is 2.45. The minimum Gasteiger partial charge on any atom is -0.507 e. The van der Waals surface area contributed by atoms with E-state index in [0.717, 1.165) is 32.6 Å². The first kappa shape index (κ1) is 28.4. The van der Waals surface area contributed by atoms with Gasteiger partial charge < -0.3 is 14.6 Å². The number of ether oxygens (including phenoxy) is 2. The van der Waals surface area contributed by atoms with Gasteiger partial charge in [-0.1, -0.05) is 83.8 Å². The normalized spacial score (nSPS) is 16.2. The predicted molar refractivity (Wildman–Crippen MR) is 164 cm³/mol. The van der Waals surface area contributed by atoms with Crippen LogP contribution >= 0.6 is 23.1 Å². The highest BCUT2D eigenvalue weighted by atomic mass is 32.2. The van der Waals surface area contributed by atoms with Gasteiger partial charge in [0.25, 0.3) is 5.78 Å². The molecule has 1 amide bonds. The summed E-state index contributed by atoms with van der Waals surface area (Å²) < 4.78 is 26.4. The molecule has 5 aromatic rings. The molecule has 1 N–H and O–H groups in total. The first-order valence-electron chi connectivity index (χ1n) is 13.1. The third kappa shape index (κ3) is 5.21. The molecule has 0 aliphatic carbocycles. The number of aliphatic hydroxyl groups excluding tert-OH is 1. The van der Waals surface area contributed by atoms with Gasteiger partial charge in [-0.3, -0.25) is 14.5 Å². The molecule has 1 saturated heterocycles. The summed E-state index contributed by atoms with van der Waals surface area (Å²) in [4.78, 5) is 28.1. The SMILES string of the molecule is COc1ccc(/C(O)=C2\C(=O)C(=O)N(c3nnc(SCc4cccc5ccccc45)s3)C2c2ccccc2F)cc1OC. The number of thioether (sulfide) groups is 1. The molecule has 1 atom stereocenters. The van der Waals surface area contributed by atoms with Crippen molar-refractivity contribution in [2.75, 3.05) is 19.1 Å². The van der Waals surface area contributed by atoms with Gasteiger partial charge in [-0.15, -0.1) is 10.2 Å². The highest BCUT2D eigenvalue weighted by Gasteiger charge is 2.49. The lowest BCUT2D eigenvalue weighted by Crippen LogP contribution is -2.29. The lowest BCUT2D eigenvalue weighted by Gasteiger charge is -2.23. The van der Waals surface area contributed by atoms with Crippen molar-refractivity contribution in [2.45, 2.75) is 16.1 Å². The molecule has 0 radical (unpaired) electrons. The Morgan fingerprint density at radius 3 is 2.49 bits per heavy atom. The molecule has 0 saturated carbocycles. The summed E-state index contributed by atoms with van der Waals surface area (Å²) in [6.07, 6.45) is 0. The number of halogens is 1. The first-order chi connectivity index (χ1) is 20.9. The molecule has 1 unspecified atom stereocenters. The Morgan fingerprint density at radius 2 is 1.70 bits per heavy atom. The zero-order valence-corrected chi connectivity index (χ0v) is 24.6. The van der Waals surface area contributed by atoms with Crippen molar-refractivity contribution in [3.8, 4) is 11.5 Å². The van der Waals surface area contributed by atoms with Crippen molar-refractivity contribution in [2.24, 2.45) is 0 Å². The van der Waals surface area contributed by atoms with E-state index in [1.807, 2.05) is 36.4 Å². The number of benzene rings is 4. The van der Waals surface area contributed by atoms with Gasteiger partial charge in [0.15, 0.2) is 15.8 Å². The Hall–Kier alpha value is -4.74. The molecule has 1 fully saturated rings. The Balaban J connectivity index is 1.39. The summed E-state index contributed by atoms with van der Waals surface area (Å²) in [5.41, 5.74) is 1.06. The average molecular weight is 614 g/mol. The van der Waals surface area contributed by atoms with Crippen molar-refractivity contribution in [3.63, 3.8) is 0 Å². The van der Waals surface area contributed by atoms with E-state index in [2.05, 4.69) is 16.3 Å². The van der Waals surface area contributed by atoms with Crippen LogP contribution in [0.3, 0.4) is 0 Å². The number of Topliss-reactive ketones (excluding diaryl/α,β-unsaturated/α-hetero) is 1. The van der Waals surface area contributed by atoms with Crippen LogP contribution in [0.4, 0.5) is 9.52 Å². The fourth-order valence-electron chi connectivity index (χ4n) is 5.08. The number of carbonyl (C=O) groups excluding carboxylic acids is 2. The van der Waals surface area contributed by atoms with Crippen LogP contribution in [0.5, 0.6) is 11.5 Å². The van der Waals surface area contributed by atoms with Crippen LogP contribution in [-0.2, 0) is 15.3 Å². The number of methoxy groups -OCH3 is 2. The van der Waals surface area contributed by atoms with E-state index in [1.54, 1.807) is 12.1 Å². The quantitative estimate of drug-likeness (QED) is 0.0673. The zero-order chi connectivity index (χ0) is 30.1. The number of anilines is 1. The number of hydrogen-bond acceptors (Lipinski definition) is 9. The Kier molecular flexibility index (Phi) is 7.83. The molecule has 1 aliphatic heterocycles. The van der Waals surface area contributed by atoms with E-state index >= 15 is 4.39 Å². The van der Waals surface area contributed by atoms with Crippen LogP contribution in [0, 0.1) is 5.82 Å². The summed E-state index contributed by atoms with van der Waals surface area (Å²) in [5, 5.41) is 22.2. The summed E-state index contributed by atoms with van der Waals surface area (Å²) in [6.45, 7) is 0. The Bertz CT molecular complexity index is 1900. The van der Waals surface area contributed by atoms with Crippen LogP contribution in [-0.4, -0.2) is 41.2 Å². The Morgan fingerprint density at radius 1 is 0.953 bits per heavy atom. The van der Waals surface area contributed by atoms with Crippen LogP contribution in [0.15, 0.2) is 94.8 Å². The van der Waals surface area contributed by atoms with Gasteiger partial charge in [-0.05, 0) is 40.6 Å².